The normalized spacial score (nSPS) is 10.5. The first-order valence-electron chi connectivity index (χ1n) is 5.04. The molecule has 0 saturated heterocycles. The second-order valence-corrected chi connectivity index (χ2v) is 4.34. The number of para-hydroxylation sites is 1. The monoisotopic (exact) mass is 225 g/mol. The highest BCUT2D eigenvalue weighted by atomic mass is 32.1. The molecule has 0 unspecified atom stereocenters. The fraction of sp³-hybridized carbons (Fsp3) is 0. The smallest absolute Gasteiger partial charge is 0.145 e. The third kappa shape index (κ3) is 1.68. The molecule has 0 aliphatic heterocycles. The van der Waals surface area contributed by atoms with E-state index < -0.39 is 0 Å². The molecule has 1 nitrogen and oxygen atoms in total. The molecule has 1 radical (unpaired) electrons. The molecule has 0 atom stereocenters. The average Bonchev–Trinajstić information content (AvgIpc) is 2.74. The van der Waals surface area contributed by atoms with Crippen molar-refractivity contribution in [3.05, 3.63) is 60.0 Å². The van der Waals surface area contributed by atoms with Crippen LogP contribution in [0.2, 0.25) is 0 Å². The van der Waals surface area contributed by atoms with Crippen LogP contribution in [0.1, 0.15) is 0 Å². The van der Waals surface area contributed by atoms with E-state index in [4.69, 9.17) is 4.74 Å². The zero-order chi connectivity index (χ0) is 10.8. The molecule has 2 aromatic carbocycles. The van der Waals surface area contributed by atoms with Crippen LogP contribution in [0, 0.1) is 6.07 Å². The van der Waals surface area contributed by atoms with Gasteiger partial charge in [0.2, 0.25) is 0 Å². The van der Waals surface area contributed by atoms with Gasteiger partial charge in [-0.15, -0.1) is 11.3 Å². The molecule has 3 aromatic rings. The van der Waals surface area contributed by atoms with E-state index >= 15 is 0 Å². The summed E-state index contributed by atoms with van der Waals surface area (Å²) >= 11 is 1.69. The van der Waals surface area contributed by atoms with Gasteiger partial charge in [-0.25, -0.2) is 0 Å². The van der Waals surface area contributed by atoms with E-state index in [2.05, 4.69) is 18.2 Å². The Labute approximate surface area is 97.9 Å². The highest BCUT2D eigenvalue weighted by Crippen LogP contribution is 2.34. The van der Waals surface area contributed by atoms with Crippen molar-refractivity contribution in [2.24, 2.45) is 0 Å². The lowest BCUT2D eigenvalue weighted by Crippen LogP contribution is -1.81. The zero-order valence-electron chi connectivity index (χ0n) is 8.51. The molecule has 0 aliphatic rings. The molecule has 0 fully saturated rings. The van der Waals surface area contributed by atoms with E-state index in [9.17, 15) is 0 Å². The van der Waals surface area contributed by atoms with Crippen molar-refractivity contribution < 1.29 is 4.74 Å². The summed E-state index contributed by atoms with van der Waals surface area (Å²) in [5.74, 6) is 1.66. The molecule has 3 rings (SSSR count). The lowest BCUT2D eigenvalue weighted by molar-refractivity contribution is 0.489. The van der Waals surface area contributed by atoms with Gasteiger partial charge in [0.1, 0.15) is 11.5 Å². The minimum Gasteiger partial charge on any atom is -0.455 e. The summed E-state index contributed by atoms with van der Waals surface area (Å²) < 4.78 is 7.03. The molecule has 16 heavy (non-hydrogen) atoms. The van der Waals surface area contributed by atoms with Crippen LogP contribution in [0.15, 0.2) is 53.9 Å². The number of fused-ring (bicyclic) bond motifs is 1. The topological polar surface area (TPSA) is 9.23 Å². The molecular weight excluding hydrogens is 216 g/mol. The Morgan fingerprint density at radius 3 is 2.75 bits per heavy atom. The molecule has 0 spiro atoms. The largest absolute Gasteiger partial charge is 0.455 e. The maximum atomic E-state index is 5.79. The summed E-state index contributed by atoms with van der Waals surface area (Å²) in [4.78, 5) is 0. The first kappa shape index (κ1) is 9.43. The van der Waals surface area contributed by atoms with Crippen LogP contribution < -0.4 is 4.74 Å². The van der Waals surface area contributed by atoms with Crippen LogP contribution >= 0.6 is 11.3 Å². The van der Waals surface area contributed by atoms with E-state index in [0.717, 1.165) is 16.9 Å². The fourth-order valence-corrected chi connectivity index (χ4v) is 2.45. The molecular formula is C14H9OS. The predicted octanol–water partition coefficient (Wildman–Crippen LogP) is 4.49. The van der Waals surface area contributed by atoms with Gasteiger partial charge in [0.05, 0.1) is 0 Å². The molecule has 0 amide bonds. The quantitative estimate of drug-likeness (QED) is 0.624. The Hall–Kier alpha value is -1.80. The Morgan fingerprint density at radius 2 is 1.88 bits per heavy atom. The van der Waals surface area contributed by atoms with Crippen LogP contribution in [-0.4, -0.2) is 0 Å². The molecule has 0 aliphatic carbocycles. The first-order valence-corrected chi connectivity index (χ1v) is 5.92. The molecule has 1 aromatic heterocycles. The first-order chi connectivity index (χ1) is 7.93. The SMILES string of the molecule is [c]1ccccc1Oc1csc2ccccc12. The summed E-state index contributed by atoms with van der Waals surface area (Å²) in [7, 11) is 0. The van der Waals surface area contributed by atoms with E-state index in [1.807, 2.05) is 41.8 Å². The summed E-state index contributed by atoms with van der Waals surface area (Å²) in [6.07, 6.45) is 0. The minimum atomic E-state index is 0.756. The third-order valence-electron chi connectivity index (χ3n) is 2.35. The zero-order valence-corrected chi connectivity index (χ0v) is 9.33. The maximum Gasteiger partial charge on any atom is 0.145 e. The molecule has 0 saturated carbocycles. The Balaban J connectivity index is 2.01. The minimum absolute atomic E-state index is 0.756. The fourth-order valence-electron chi connectivity index (χ4n) is 1.59. The molecule has 1 heterocycles. The molecule has 77 valence electrons. The molecule has 2 heteroatoms. The van der Waals surface area contributed by atoms with Crippen LogP contribution in [0.4, 0.5) is 0 Å². The number of hydrogen-bond acceptors (Lipinski definition) is 2. The maximum absolute atomic E-state index is 5.79. The number of rotatable bonds is 2. The average molecular weight is 225 g/mol. The van der Waals surface area contributed by atoms with Crippen molar-refractivity contribution in [2.45, 2.75) is 0 Å². The number of benzene rings is 2. The standard InChI is InChI=1S/C14H9OS/c1-2-6-11(7-3-1)15-13-10-16-14-9-5-4-8-12(13)14/h1-6,8-10H. The van der Waals surface area contributed by atoms with E-state index in [-0.39, 0.29) is 0 Å². The van der Waals surface area contributed by atoms with Crippen molar-refractivity contribution in [1.82, 2.24) is 0 Å². The van der Waals surface area contributed by atoms with Gasteiger partial charge in [0.15, 0.2) is 0 Å². The summed E-state index contributed by atoms with van der Waals surface area (Å²) in [6, 6.07) is 18.9. The van der Waals surface area contributed by atoms with E-state index in [1.54, 1.807) is 11.3 Å². The summed E-state index contributed by atoms with van der Waals surface area (Å²) in [5.41, 5.74) is 0. The van der Waals surface area contributed by atoms with Crippen LogP contribution in [0.3, 0.4) is 0 Å². The van der Waals surface area contributed by atoms with Crippen molar-refractivity contribution in [3.63, 3.8) is 0 Å². The van der Waals surface area contributed by atoms with Crippen LogP contribution in [0.5, 0.6) is 11.5 Å². The Kier molecular flexibility index (Phi) is 2.35. The summed E-state index contributed by atoms with van der Waals surface area (Å²) in [5, 5.41) is 3.19. The molecule has 0 bridgehead atoms. The number of ether oxygens (including phenoxy) is 1. The van der Waals surface area contributed by atoms with Gasteiger partial charge in [0, 0.05) is 21.5 Å². The summed E-state index contributed by atoms with van der Waals surface area (Å²) in [6.45, 7) is 0. The predicted molar refractivity (Wildman–Crippen MR) is 67.2 cm³/mol. The second-order valence-electron chi connectivity index (χ2n) is 3.42. The second kappa shape index (κ2) is 3.99. The van der Waals surface area contributed by atoms with E-state index in [1.165, 1.54) is 4.70 Å². The van der Waals surface area contributed by atoms with Gasteiger partial charge in [-0.05, 0) is 18.2 Å². The van der Waals surface area contributed by atoms with E-state index in [0.29, 0.717) is 0 Å². The highest BCUT2D eigenvalue weighted by molar-refractivity contribution is 7.17. The van der Waals surface area contributed by atoms with Crippen LogP contribution in [-0.2, 0) is 0 Å². The van der Waals surface area contributed by atoms with Gasteiger partial charge in [-0.3, -0.25) is 0 Å². The van der Waals surface area contributed by atoms with Gasteiger partial charge in [-0.1, -0.05) is 30.3 Å². The Bertz CT molecular complexity index is 598. The van der Waals surface area contributed by atoms with Gasteiger partial charge >= 0.3 is 0 Å². The number of hydrogen-bond donors (Lipinski definition) is 0. The number of thiophene rings is 1. The van der Waals surface area contributed by atoms with Crippen molar-refractivity contribution in [2.75, 3.05) is 0 Å². The lowest BCUT2D eigenvalue weighted by atomic mass is 10.2. The lowest BCUT2D eigenvalue weighted by Gasteiger charge is -2.02. The van der Waals surface area contributed by atoms with Crippen molar-refractivity contribution >= 4 is 21.4 Å². The Morgan fingerprint density at radius 1 is 1.00 bits per heavy atom. The molecule has 0 N–H and O–H groups in total. The van der Waals surface area contributed by atoms with Gasteiger partial charge in [0.25, 0.3) is 0 Å². The van der Waals surface area contributed by atoms with Gasteiger partial charge in [-0.2, -0.15) is 0 Å². The third-order valence-corrected chi connectivity index (χ3v) is 3.29. The van der Waals surface area contributed by atoms with Gasteiger partial charge < -0.3 is 4.74 Å². The van der Waals surface area contributed by atoms with Crippen LogP contribution in [0.25, 0.3) is 10.1 Å². The van der Waals surface area contributed by atoms with Crippen molar-refractivity contribution in [1.29, 1.82) is 0 Å². The highest BCUT2D eigenvalue weighted by Gasteiger charge is 2.04. The van der Waals surface area contributed by atoms with Crippen molar-refractivity contribution in [3.8, 4) is 11.5 Å².